The number of hydrogen-bond donors (Lipinski definition) is 2. The molecule has 2 N–H and O–H groups in total. The molecule has 0 saturated carbocycles. The highest BCUT2D eigenvalue weighted by Gasteiger charge is 2.26. The van der Waals surface area contributed by atoms with Crippen LogP contribution < -0.4 is 0 Å². The number of aliphatic hydroxyl groups excluding tert-OH is 1. The van der Waals surface area contributed by atoms with Gasteiger partial charge in [0.05, 0.1) is 6.61 Å². The second kappa shape index (κ2) is 3.40. The van der Waals surface area contributed by atoms with Crippen LogP contribution in [0.2, 0.25) is 0 Å². The van der Waals surface area contributed by atoms with E-state index in [1.165, 1.54) is 19.1 Å². The Morgan fingerprint density at radius 1 is 1.38 bits per heavy atom. The Bertz CT molecular complexity index is 310. The van der Waals surface area contributed by atoms with Crippen molar-refractivity contribution in [3.8, 4) is 0 Å². The molecule has 2 nitrogen and oxygen atoms in total. The van der Waals surface area contributed by atoms with Crippen molar-refractivity contribution >= 4 is 0 Å². The number of hydrogen-bond acceptors (Lipinski definition) is 2. The molecule has 1 aromatic rings. The monoisotopic (exact) mass is 188 g/mol. The smallest absolute Gasteiger partial charge is 0.164 e. The lowest BCUT2D eigenvalue weighted by atomic mass is 9.96. The maximum atomic E-state index is 13.0. The van der Waals surface area contributed by atoms with Gasteiger partial charge in [-0.2, -0.15) is 0 Å². The van der Waals surface area contributed by atoms with Crippen LogP contribution in [0, 0.1) is 11.6 Å². The normalized spacial score (nSPS) is 15.5. The summed E-state index contributed by atoms with van der Waals surface area (Å²) < 4.78 is 25.7. The van der Waals surface area contributed by atoms with Crippen molar-refractivity contribution in [1.82, 2.24) is 0 Å². The van der Waals surface area contributed by atoms with Gasteiger partial charge in [0.2, 0.25) is 0 Å². The maximum absolute atomic E-state index is 13.0. The first-order chi connectivity index (χ1) is 5.99. The maximum Gasteiger partial charge on any atom is 0.164 e. The van der Waals surface area contributed by atoms with Crippen LogP contribution >= 0.6 is 0 Å². The molecule has 72 valence electrons. The highest BCUT2D eigenvalue weighted by molar-refractivity contribution is 5.24. The van der Waals surface area contributed by atoms with Gasteiger partial charge in [0, 0.05) is 5.56 Å². The Balaban J connectivity index is 3.22. The zero-order valence-corrected chi connectivity index (χ0v) is 7.09. The van der Waals surface area contributed by atoms with E-state index in [1.54, 1.807) is 0 Å². The van der Waals surface area contributed by atoms with Crippen molar-refractivity contribution in [2.24, 2.45) is 0 Å². The Labute approximate surface area is 74.4 Å². The molecule has 0 aliphatic carbocycles. The largest absolute Gasteiger partial charge is 0.393 e. The summed E-state index contributed by atoms with van der Waals surface area (Å²) >= 11 is 0. The topological polar surface area (TPSA) is 40.5 Å². The summed E-state index contributed by atoms with van der Waals surface area (Å²) in [6, 6.07) is 3.46. The summed E-state index contributed by atoms with van der Waals surface area (Å²) in [5, 5.41) is 18.2. The molecule has 13 heavy (non-hydrogen) atoms. The van der Waals surface area contributed by atoms with Crippen LogP contribution in [0.25, 0.3) is 0 Å². The second-order valence-corrected chi connectivity index (χ2v) is 3.03. The standard InChI is InChI=1S/C9H10F2O2/c1-9(13,5-12)6-3-2-4-7(10)8(6)11/h2-4,12-13H,5H2,1H3. The van der Waals surface area contributed by atoms with Crippen molar-refractivity contribution in [2.75, 3.05) is 6.61 Å². The van der Waals surface area contributed by atoms with E-state index < -0.39 is 23.8 Å². The van der Waals surface area contributed by atoms with E-state index in [2.05, 4.69) is 0 Å². The van der Waals surface area contributed by atoms with E-state index in [0.717, 1.165) is 6.07 Å². The zero-order chi connectivity index (χ0) is 10.1. The van der Waals surface area contributed by atoms with Gasteiger partial charge in [-0.25, -0.2) is 8.78 Å². The van der Waals surface area contributed by atoms with Gasteiger partial charge in [-0.1, -0.05) is 12.1 Å². The first-order valence-corrected chi connectivity index (χ1v) is 3.77. The minimum absolute atomic E-state index is 0.241. The van der Waals surface area contributed by atoms with Crippen molar-refractivity contribution in [2.45, 2.75) is 12.5 Å². The quantitative estimate of drug-likeness (QED) is 0.731. The summed E-state index contributed by atoms with van der Waals surface area (Å²) in [5.74, 6) is -2.16. The zero-order valence-electron chi connectivity index (χ0n) is 7.09. The van der Waals surface area contributed by atoms with Gasteiger partial charge in [-0.15, -0.1) is 0 Å². The molecule has 1 atom stereocenters. The average Bonchev–Trinajstić information content (AvgIpc) is 2.09. The Morgan fingerprint density at radius 2 is 2.00 bits per heavy atom. The average molecular weight is 188 g/mol. The summed E-state index contributed by atoms with van der Waals surface area (Å²) in [4.78, 5) is 0. The van der Waals surface area contributed by atoms with Crippen LogP contribution in [0.4, 0.5) is 8.78 Å². The molecule has 4 heteroatoms. The summed E-state index contributed by atoms with van der Waals surface area (Å²) in [6.07, 6.45) is 0. The first kappa shape index (κ1) is 10.1. The Kier molecular flexibility index (Phi) is 2.63. The van der Waals surface area contributed by atoms with Crippen LogP contribution in [0.15, 0.2) is 18.2 Å². The van der Waals surface area contributed by atoms with E-state index in [9.17, 15) is 13.9 Å². The van der Waals surface area contributed by atoms with Crippen molar-refractivity contribution < 1.29 is 19.0 Å². The molecule has 0 heterocycles. The predicted octanol–water partition coefficient (Wildman–Crippen LogP) is 1.16. The highest BCUT2D eigenvalue weighted by Crippen LogP contribution is 2.23. The van der Waals surface area contributed by atoms with E-state index in [4.69, 9.17) is 5.11 Å². The minimum atomic E-state index is -1.74. The molecule has 1 rings (SSSR count). The SMILES string of the molecule is CC(O)(CO)c1cccc(F)c1F. The third kappa shape index (κ3) is 1.84. The predicted molar refractivity (Wildman–Crippen MR) is 43.0 cm³/mol. The Morgan fingerprint density at radius 3 is 2.54 bits per heavy atom. The van der Waals surface area contributed by atoms with Gasteiger partial charge >= 0.3 is 0 Å². The summed E-state index contributed by atoms with van der Waals surface area (Å²) in [6.45, 7) is 0.554. The van der Waals surface area contributed by atoms with Crippen molar-refractivity contribution in [3.05, 3.63) is 35.4 Å². The van der Waals surface area contributed by atoms with Crippen LogP contribution in [0.1, 0.15) is 12.5 Å². The van der Waals surface area contributed by atoms with Crippen LogP contribution in [-0.2, 0) is 5.60 Å². The first-order valence-electron chi connectivity index (χ1n) is 3.77. The van der Waals surface area contributed by atoms with Gasteiger partial charge in [0.25, 0.3) is 0 Å². The second-order valence-electron chi connectivity index (χ2n) is 3.03. The lowest BCUT2D eigenvalue weighted by molar-refractivity contribution is -0.00555. The van der Waals surface area contributed by atoms with Gasteiger partial charge < -0.3 is 10.2 Å². The van der Waals surface area contributed by atoms with Crippen LogP contribution in [-0.4, -0.2) is 16.8 Å². The lowest BCUT2D eigenvalue weighted by Crippen LogP contribution is -2.27. The molecule has 0 aliphatic rings. The number of rotatable bonds is 2. The molecule has 0 bridgehead atoms. The number of aliphatic hydroxyl groups is 2. The van der Waals surface area contributed by atoms with Gasteiger partial charge in [-0.05, 0) is 13.0 Å². The summed E-state index contributed by atoms with van der Waals surface area (Å²) in [7, 11) is 0. The molecular formula is C9H10F2O2. The minimum Gasteiger partial charge on any atom is -0.393 e. The van der Waals surface area contributed by atoms with Gasteiger partial charge in [-0.3, -0.25) is 0 Å². The molecule has 0 saturated heterocycles. The fraction of sp³-hybridized carbons (Fsp3) is 0.333. The lowest BCUT2D eigenvalue weighted by Gasteiger charge is -2.21. The highest BCUT2D eigenvalue weighted by atomic mass is 19.2. The molecule has 0 aliphatic heterocycles. The molecule has 0 amide bonds. The number of halogens is 2. The molecular weight excluding hydrogens is 178 g/mol. The van der Waals surface area contributed by atoms with Gasteiger partial charge in [0.15, 0.2) is 11.6 Å². The third-order valence-electron chi connectivity index (χ3n) is 1.84. The molecule has 1 unspecified atom stereocenters. The fourth-order valence-corrected chi connectivity index (χ4v) is 1.00. The molecule has 1 aromatic carbocycles. The van der Waals surface area contributed by atoms with Gasteiger partial charge in [0.1, 0.15) is 5.60 Å². The fourth-order valence-electron chi connectivity index (χ4n) is 1.00. The van der Waals surface area contributed by atoms with Crippen molar-refractivity contribution in [3.63, 3.8) is 0 Å². The van der Waals surface area contributed by atoms with E-state index >= 15 is 0 Å². The van der Waals surface area contributed by atoms with Crippen LogP contribution in [0.3, 0.4) is 0 Å². The van der Waals surface area contributed by atoms with Crippen molar-refractivity contribution in [1.29, 1.82) is 0 Å². The van der Waals surface area contributed by atoms with E-state index in [0.29, 0.717) is 0 Å². The number of benzene rings is 1. The van der Waals surface area contributed by atoms with E-state index in [-0.39, 0.29) is 5.56 Å². The molecule has 0 fully saturated rings. The summed E-state index contributed by atoms with van der Waals surface area (Å²) in [5.41, 5.74) is -1.98. The molecule has 0 spiro atoms. The van der Waals surface area contributed by atoms with E-state index in [1.807, 2.05) is 0 Å². The van der Waals surface area contributed by atoms with Crippen LogP contribution in [0.5, 0.6) is 0 Å². The Hall–Kier alpha value is -1.00. The third-order valence-corrected chi connectivity index (χ3v) is 1.84. The molecule has 0 aromatic heterocycles. The molecule has 0 radical (unpaired) electrons.